The first-order valence-corrected chi connectivity index (χ1v) is 8.41. The van der Waals surface area contributed by atoms with E-state index in [0.29, 0.717) is 22.8 Å². The van der Waals surface area contributed by atoms with E-state index in [1.807, 2.05) is 36.4 Å². The molecule has 0 fully saturated rings. The van der Waals surface area contributed by atoms with E-state index in [9.17, 15) is 10.1 Å². The van der Waals surface area contributed by atoms with Gasteiger partial charge in [0.1, 0.15) is 12.4 Å². The third kappa shape index (κ3) is 4.40. The number of carboxylic acid groups (broad SMARTS) is 1. The topological polar surface area (TPSA) is 92.7 Å². The summed E-state index contributed by atoms with van der Waals surface area (Å²) in [6, 6.07) is 19.8. The summed E-state index contributed by atoms with van der Waals surface area (Å²) >= 11 is 0. The summed E-state index contributed by atoms with van der Waals surface area (Å²) in [6.45, 7) is 0.0618. The van der Waals surface area contributed by atoms with Crippen molar-refractivity contribution in [1.82, 2.24) is 0 Å². The fourth-order valence-corrected chi connectivity index (χ4v) is 2.58. The Hall–Kier alpha value is -3.98. The molecule has 1 N–H and O–H groups in total. The second-order valence-corrected chi connectivity index (χ2v) is 5.81. The molecule has 0 bridgehead atoms. The van der Waals surface area contributed by atoms with Crippen LogP contribution >= 0.6 is 0 Å². The van der Waals surface area contributed by atoms with Crippen LogP contribution in [0.4, 0.5) is 0 Å². The fourth-order valence-electron chi connectivity index (χ4n) is 2.58. The van der Waals surface area contributed by atoms with E-state index in [0.717, 1.165) is 11.1 Å². The number of furan rings is 1. The molecule has 1 heterocycles. The molecule has 3 rings (SSSR count). The number of hydrogen-bond donors (Lipinski definition) is 1. The molecule has 0 aliphatic carbocycles. The number of aromatic carboxylic acids is 1. The third-order valence-electron chi connectivity index (χ3n) is 3.95. The summed E-state index contributed by atoms with van der Waals surface area (Å²) in [5, 5.41) is 18.3. The Balaban J connectivity index is 1.79. The van der Waals surface area contributed by atoms with Gasteiger partial charge >= 0.3 is 5.97 Å². The highest BCUT2D eigenvalue weighted by molar-refractivity contribution is 5.89. The van der Waals surface area contributed by atoms with Crippen LogP contribution < -0.4 is 9.47 Å². The minimum absolute atomic E-state index is 0.0618. The fraction of sp³-hybridized carbons (Fsp3) is 0.0909. The Labute approximate surface area is 161 Å². The maximum Gasteiger partial charge on any atom is 0.371 e. The lowest BCUT2D eigenvalue weighted by Crippen LogP contribution is -1.97. The van der Waals surface area contributed by atoms with Crippen LogP contribution in [0.25, 0.3) is 11.6 Å². The lowest BCUT2D eigenvalue weighted by Gasteiger charge is -2.10. The van der Waals surface area contributed by atoms with Crippen molar-refractivity contribution in [2.75, 3.05) is 7.11 Å². The summed E-state index contributed by atoms with van der Waals surface area (Å²) in [5.74, 6) is 0.0807. The summed E-state index contributed by atoms with van der Waals surface area (Å²) in [7, 11) is 1.52. The van der Waals surface area contributed by atoms with Crippen molar-refractivity contribution in [3.8, 4) is 17.6 Å². The van der Waals surface area contributed by atoms with Crippen LogP contribution in [0.1, 0.15) is 27.4 Å². The minimum Gasteiger partial charge on any atom is -0.493 e. The number of nitrogens with zero attached hydrogens (tertiary/aromatic N) is 1. The largest absolute Gasteiger partial charge is 0.493 e. The lowest BCUT2D eigenvalue weighted by atomic mass is 10.0. The monoisotopic (exact) mass is 375 g/mol. The van der Waals surface area contributed by atoms with Crippen LogP contribution in [-0.4, -0.2) is 18.2 Å². The molecule has 0 spiro atoms. The standard InChI is InChI=1S/C22H17NO5/c1-26-21-12-15(11-17(13-23)16-5-3-2-4-6-16)7-9-19(21)27-14-18-8-10-20(28-18)22(24)25/h2-12H,14H2,1H3,(H,24,25)/b17-11+. The molecule has 1 aromatic heterocycles. The number of benzene rings is 2. The molecular formula is C22H17NO5. The molecule has 0 aliphatic rings. The van der Waals surface area contributed by atoms with E-state index >= 15 is 0 Å². The zero-order chi connectivity index (χ0) is 19.9. The number of allylic oxidation sites excluding steroid dienone is 1. The van der Waals surface area contributed by atoms with E-state index in [1.54, 1.807) is 24.3 Å². The van der Waals surface area contributed by atoms with Gasteiger partial charge in [-0.05, 0) is 41.5 Å². The molecule has 2 aromatic carbocycles. The Kier molecular flexibility index (Phi) is 5.78. The first kappa shape index (κ1) is 18.8. The van der Waals surface area contributed by atoms with Crippen molar-refractivity contribution < 1.29 is 23.8 Å². The van der Waals surface area contributed by atoms with E-state index in [4.69, 9.17) is 19.0 Å². The third-order valence-corrected chi connectivity index (χ3v) is 3.95. The van der Waals surface area contributed by atoms with Crippen LogP contribution in [-0.2, 0) is 6.61 Å². The molecule has 0 atom stereocenters. The molecule has 0 unspecified atom stereocenters. The van der Waals surface area contributed by atoms with Gasteiger partial charge in [-0.25, -0.2) is 4.79 Å². The maximum absolute atomic E-state index is 10.9. The number of ether oxygens (including phenoxy) is 2. The van der Waals surface area contributed by atoms with E-state index in [1.165, 1.54) is 13.2 Å². The SMILES string of the molecule is COc1cc(/C=C(\C#N)c2ccccc2)ccc1OCc1ccc(C(=O)O)o1. The Bertz CT molecular complexity index is 1040. The van der Waals surface area contributed by atoms with Crippen molar-refractivity contribution in [1.29, 1.82) is 5.26 Å². The van der Waals surface area contributed by atoms with Crippen LogP contribution in [0, 0.1) is 11.3 Å². The smallest absolute Gasteiger partial charge is 0.371 e. The van der Waals surface area contributed by atoms with Crippen LogP contribution in [0.5, 0.6) is 11.5 Å². The Morgan fingerprint density at radius 3 is 2.57 bits per heavy atom. The van der Waals surface area contributed by atoms with Gasteiger partial charge in [-0.1, -0.05) is 36.4 Å². The highest BCUT2D eigenvalue weighted by atomic mass is 16.5. The van der Waals surface area contributed by atoms with Gasteiger partial charge in [-0.15, -0.1) is 0 Å². The van der Waals surface area contributed by atoms with Gasteiger partial charge in [0.25, 0.3) is 0 Å². The quantitative estimate of drug-likeness (QED) is 0.478. The summed E-state index contributed by atoms with van der Waals surface area (Å²) in [6.07, 6.45) is 1.77. The predicted molar refractivity (Wildman–Crippen MR) is 103 cm³/mol. The van der Waals surface area contributed by atoms with Crippen molar-refractivity contribution in [2.24, 2.45) is 0 Å². The molecular weight excluding hydrogens is 358 g/mol. The Morgan fingerprint density at radius 2 is 1.93 bits per heavy atom. The second kappa shape index (κ2) is 8.60. The zero-order valence-corrected chi connectivity index (χ0v) is 15.1. The zero-order valence-electron chi connectivity index (χ0n) is 15.1. The normalized spacial score (nSPS) is 10.9. The van der Waals surface area contributed by atoms with Crippen LogP contribution in [0.2, 0.25) is 0 Å². The number of carbonyl (C=O) groups is 1. The lowest BCUT2D eigenvalue weighted by molar-refractivity contribution is 0.0658. The maximum atomic E-state index is 10.9. The molecule has 0 saturated carbocycles. The van der Waals surface area contributed by atoms with Crippen molar-refractivity contribution >= 4 is 17.6 Å². The average molecular weight is 375 g/mol. The van der Waals surface area contributed by atoms with Gasteiger partial charge in [0.15, 0.2) is 11.5 Å². The molecule has 28 heavy (non-hydrogen) atoms. The van der Waals surface area contributed by atoms with Crippen LogP contribution in [0.3, 0.4) is 0 Å². The van der Waals surface area contributed by atoms with Crippen molar-refractivity contribution in [2.45, 2.75) is 6.61 Å². The first-order chi connectivity index (χ1) is 13.6. The van der Waals surface area contributed by atoms with Crippen LogP contribution in [0.15, 0.2) is 65.1 Å². The summed E-state index contributed by atoms with van der Waals surface area (Å²) in [5.41, 5.74) is 2.15. The van der Waals surface area contributed by atoms with Crippen molar-refractivity contribution in [3.63, 3.8) is 0 Å². The van der Waals surface area contributed by atoms with E-state index in [-0.39, 0.29) is 12.4 Å². The molecule has 140 valence electrons. The molecule has 6 nitrogen and oxygen atoms in total. The van der Waals surface area contributed by atoms with Gasteiger partial charge < -0.3 is 19.0 Å². The van der Waals surface area contributed by atoms with E-state index < -0.39 is 5.97 Å². The molecule has 3 aromatic rings. The van der Waals surface area contributed by atoms with Gasteiger partial charge in [-0.2, -0.15) is 5.26 Å². The van der Waals surface area contributed by atoms with E-state index in [2.05, 4.69) is 6.07 Å². The first-order valence-electron chi connectivity index (χ1n) is 8.41. The van der Waals surface area contributed by atoms with Gasteiger partial charge in [-0.3, -0.25) is 0 Å². The highest BCUT2D eigenvalue weighted by Crippen LogP contribution is 2.30. The van der Waals surface area contributed by atoms with Gasteiger partial charge in [0.05, 0.1) is 18.8 Å². The second-order valence-electron chi connectivity index (χ2n) is 5.81. The number of methoxy groups -OCH3 is 1. The molecule has 0 amide bonds. The number of nitriles is 1. The molecule has 0 radical (unpaired) electrons. The average Bonchev–Trinajstić information content (AvgIpc) is 3.21. The number of rotatable bonds is 7. The number of hydrogen-bond acceptors (Lipinski definition) is 5. The summed E-state index contributed by atoms with van der Waals surface area (Å²) < 4.78 is 16.2. The molecule has 0 saturated heterocycles. The number of carboxylic acids is 1. The molecule has 0 aliphatic heterocycles. The van der Waals surface area contributed by atoms with Gasteiger partial charge in [0.2, 0.25) is 5.76 Å². The minimum atomic E-state index is -1.13. The predicted octanol–water partition coefficient (Wildman–Crippen LogP) is 4.63. The molecule has 6 heteroatoms. The van der Waals surface area contributed by atoms with Gasteiger partial charge in [0, 0.05) is 0 Å². The summed E-state index contributed by atoms with van der Waals surface area (Å²) in [4.78, 5) is 10.9. The van der Waals surface area contributed by atoms with Crippen molar-refractivity contribution in [3.05, 3.63) is 83.3 Å². The highest BCUT2D eigenvalue weighted by Gasteiger charge is 2.11. The Morgan fingerprint density at radius 1 is 1.14 bits per heavy atom.